The fraction of sp³-hybridized carbons (Fsp3) is 0.600. The van der Waals surface area contributed by atoms with Gasteiger partial charge in [-0.25, -0.2) is 0 Å². The fourth-order valence-electron chi connectivity index (χ4n) is 5.45. The van der Waals surface area contributed by atoms with Crippen molar-refractivity contribution in [2.75, 3.05) is 26.7 Å². The van der Waals surface area contributed by atoms with Crippen molar-refractivity contribution < 1.29 is 4.74 Å². The van der Waals surface area contributed by atoms with Gasteiger partial charge in [0.1, 0.15) is 5.75 Å². The molecule has 0 unspecified atom stereocenters. The Hall–Kier alpha value is -1.50. The quantitative estimate of drug-likeness (QED) is 0.828. The molecule has 4 aliphatic heterocycles. The minimum Gasteiger partial charge on any atom is -0.497 e. The summed E-state index contributed by atoms with van der Waals surface area (Å²) in [6.07, 6.45) is 2.71. The van der Waals surface area contributed by atoms with E-state index in [1.54, 1.807) is 18.6 Å². The van der Waals surface area contributed by atoms with Crippen molar-refractivity contribution in [3.8, 4) is 5.75 Å². The second-order valence-corrected chi connectivity index (χ2v) is 8.78. The third kappa shape index (κ3) is 2.66. The molecule has 26 heavy (non-hydrogen) atoms. The summed E-state index contributed by atoms with van der Waals surface area (Å²) < 4.78 is 9.51. The summed E-state index contributed by atoms with van der Waals surface area (Å²) >= 11 is 1.56. The van der Waals surface area contributed by atoms with E-state index in [1.807, 2.05) is 0 Å². The number of hydrogen-bond donors (Lipinski definition) is 0. The molecule has 4 saturated heterocycles. The summed E-state index contributed by atoms with van der Waals surface area (Å²) in [5.74, 6) is 2.36. The van der Waals surface area contributed by atoms with Gasteiger partial charge >= 0.3 is 0 Å². The highest BCUT2D eigenvalue weighted by Gasteiger charge is 2.53. The lowest BCUT2D eigenvalue weighted by atomic mass is 9.75. The maximum absolute atomic E-state index is 5.36. The zero-order valence-corrected chi connectivity index (χ0v) is 16.3. The molecule has 3 atom stereocenters. The van der Waals surface area contributed by atoms with Gasteiger partial charge in [-0.15, -0.1) is 5.10 Å². The Morgan fingerprint density at radius 1 is 1.15 bits per heavy atom. The molecule has 0 saturated carbocycles. The zero-order valence-electron chi connectivity index (χ0n) is 15.5. The molecule has 4 aliphatic rings. The molecule has 5 nitrogen and oxygen atoms in total. The Kier molecular flexibility index (Phi) is 4.22. The van der Waals surface area contributed by atoms with E-state index in [0.29, 0.717) is 18.0 Å². The first-order valence-electron chi connectivity index (χ1n) is 9.64. The topological polar surface area (TPSA) is 41.5 Å². The van der Waals surface area contributed by atoms with Crippen LogP contribution < -0.4 is 4.74 Å². The molecule has 5 heterocycles. The number of likely N-dealkylation sites (tertiary alicyclic amines) is 1. The van der Waals surface area contributed by atoms with Crippen LogP contribution in [0.4, 0.5) is 0 Å². The van der Waals surface area contributed by atoms with Crippen molar-refractivity contribution in [2.24, 2.45) is 5.92 Å². The van der Waals surface area contributed by atoms with Gasteiger partial charge in [-0.05, 0) is 68.0 Å². The van der Waals surface area contributed by atoms with Gasteiger partial charge in [-0.1, -0.05) is 16.6 Å². The van der Waals surface area contributed by atoms with Crippen molar-refractivity contribution in [3.63, 3.8) is 0 Å². The van der Waals surface area contributed by atoms with Crippen LogP contribution in [0.15, 0.2) is 24.3 Å². The first-order valence-corrected chi connectivity index (χ1v) is 10.4. The standard InChI is InChI=1S/C20H26N4OS/c1-13-18(26-22-21-13)12-24-11-17(14-3-5-16(25-2)6-4-14)20-19(24)15-7-9-23(20)10-8-15/h3-6,15,17,19-20H,7-12H2,1-2H3/t17-,19+,20+/m1/s1. The number of methoxy groups -OCH3 is 1. The lowest BCUT2D eigenvalue weighted by Crippen LogP contribution is -2.59. The average molecular weight is 371 g/mol. The number of piperidine rings is 3. The summed E-state index contributed by atoms with van der Waals surface area (Å²) in [5, 5.41) is 4.22. The van der Waals surface area contributed by atoms with Gasteiger partial charge in [0, 0.05) is 31.1 Å². The van der Waals surface area contributed by atoms with E-state index in [2.05, 4.69) is 50.6 Å². The third-order valence-corrected chi connectivity index (χ3v) is 7.54. The highest BCUT2D eigenvalue weighted by molar-refractivity contribution is 7.05. The molecule has 0 radical (unpaired) electrons. The number of rotatable bonds is 4. The van der Waals surface area contributed by atoms with E-state index >= 15 is 0 Å². The molecule has 0 aliphatic carbocycles. The Bertz CT molecular complexity index is 768. The summed E-state index contributed by atoms with van der Waals surface area (Å²) in [7, 11) is 1.74. The van der Waals surface area contributed by atoms with E-state index in [1.165, 1.54) is 36.4 Å². The number of fused-ring (bicyclic) bond motifs is 2. The molecule has 1 aromatic heterocycles. The number of hydrogen-bond acceptors (Lipinski definition) is 6. The predicted octanol–water partition coefficient (Wildman–Crippen LogP) is 2.92. The molecule has 6 rings (SSSR count). The first kappa shape index (κ1) is 16.7. The SMILES string of the molecule is COc1ccc([C@H]2CN(Cc3snnc3C)[C@H]3C4CCN(CC4)[C@@H]23)cc1. The molecule has 2 aromatic rings. The molecule has 1 aromatic carbocycles. The summed E-state index contributed by atoms with van der Waals surface area (Å²) in [4.78, 5) is 6.82. The lowest BCUT2D eigenvalue weighted by Gasteiger charge is -2.51. The molecule has 138 valence electrons. The van der Waals surface area contributed by atoms with Crippen LogP contribution in [0.5, 0.6) is 5.75 Å². The number of benzene rings is 1. The van der Waals surface area contributed by atoms with Crippen molar-refractivity contribution in [1.82, 2.24) is 19.4 Å². The molecular formula is C20H26N4OS. The minimum absolute atomic E-state index is 0.579. The second-order valence-electron chi connectivity index (χ2n) is 7.95. The van der Waals surface area contributed by atoms with Gasteiger partial charge < -0.3 is 4.74 Å². The van der Waals surface area contributed by atoms with Gasteiger partial charge in [0.2, 0.25) is 0 Å². The second kappa shape index (κ2) is 6.59. The molecule has 2 bridgehead atoms. The van der Waals surface area contributed by atoms with Crippen LogP contribution >= 0.6 is 11.5 Å². The smallest absolute Gasteiger partial charge is 0.118 e. The van der Waals surface area contributed by atoms with Crippen molar-refractivity contribution in [2.45, 2.75) is 44.3 Å². The number of nitrogens with zero attached hydrogens (tertiary/aromatic N) is 4. The molecule has 6 heteroatoms. The fourth-order valence-corrected chi connectivity index (χ4v) is 6.11. The highest BCUT2D eigenvalue weighted by Crippen LogP contribution is 2.47. The normalized spacial score (nSPS) is 33.4. The van der Waals surface area contributed by atoms with Crippen molar-refractivity contribution in [1.29, 1.82) is 0 Å². The molecular weight excluding hydrogens is 344 g/mol. The van der Waals surface area contributed by atoms with Crippen molar-refractivity contribution >= 4 is 11.5 Å². The van der Waals surface area contributed by atoms with Crippen LogP contribution in [-0.4, -0.2) is 58.2 Å². The van der Waals surface area contributed by atoms with E-state index in [-0.39, 0.29) is 0 Å². The van der Waals surface area contributed by atoms with E-state index < -0.39 is 0 Å². The van der Waals surface area contributed by atoms with Crippen LogP contribution in [-0.2, 0) is 6.54 Å². The summed E-state index contributed by atoms with van der Waals surface area (Å²) in [6, 6.07) is 10.1. The monoisotopic (exact) mass is 370 g/mol. The van der Waals surface area contributed by atoms with Gasteiger partial charge in [-0.2, -0.15) is 0 Å². The van der Waals surface area contributed by atoms with E-state index in [0.717, 1.165) is 30.5 Å². The van der Waals surface area contributed by atoms with Crippen LogP contribution in [0.2, 0.25) is 0 Å². The highest BCUT2D eigenvalue weighted by atomic mass is 32.1. The molecule has 4 fully saturated rings. The van der Waals surface area contributed by atoms with Crippen molar-refractivity contribution in [3.05, 3.63) is 40.4 Å². The largest absolute Gasteiger partial charge is 0.497 e. The number of ether oxygens (including phenoxy) is 1. The molecule has 0 spiro atoms. The third-order valence-electron chi connectivity index (χ3n) is 6.73. The van der Waals surface area contributed by atoms with Crippen LogP contribution in [0.25, 0.3) is 0 Å². The molecule has 0 N–H and O–H groups in total. The maximum atomic E-state index is 5.36. The lowest BCUT2D eigenvalue weighted by molar-refractivity contribution is -0.00850. The van der Waals surface area contributed by atoms with Crippen LogP contribution in [0.1, 0.15) is 34.9 Å². The summed E-state index contributed by atoms with van der Waals surface area (Å²) in [5.41, 5.74) is 2.55. The van der Waals surface area contributed by atoms with Crippen LogP contribution in [0.3, 0.4) is 0 Å². The average Bonchev–Trinajstić information content (AvgIpc) is 3.28. The number of aryl methyl sites for hydroxylation is 1. The van der Waals surface area contributed by atoms with Gasteiger partial charge in [-0.3, -0.25) is 9.80 Å². The Labute approximate surface area is 159 Å². The first-order chi connectivity index (χ1) is 12.7. The molecule has 0 amide bonds. The summed E-state index contributed by atoms with van der Waals surface area (Å²) in [6.45, 7) is 6.76. The number of aromatic nitrogens is 2. The van der Waals surface area contributed by atoms with Gasteiger partial charge in [0.25, 0.3) is 0 Å². The van der Waals surface area contributed by atoms with Gasteiger partial charge in [0.05, 0.1) is 17.7 Å². The Morgan fingerprint density at radius 3 is 2.58 bits per heavy atom. The van der Waals surface area contributed by atoms with E-state index in [9.17, 15) is 0 Å². The van der Waals surface area contributed by atoms with Gasteiger partial charge in [0.15, 0.2) is 0 Å². The predicted molar refractivity (Wildman–Crippen MR) is 103 cm³/mol. The van der Waals surface area contributed by atoms with E-state index in [4.69, 9.17) is 4.74 Å². The Balaban J connectivity index is 1.47. The Morgan fingerprint density at radius 2 is 1.92 bits per heavy atom. The minimum atomic E-state index is 0.579. The zero-order chi connectivity index (χ0) is 17.7. The van der Waals surface area contributed by atoms with Crippen LogP contribution in [0, 0.1) is 12.8 Å². The maximum Gasteiger partial charge on any atom is 0.118 e.